The second-order valence-electron chi connectivity index (χ2n) is 3.38. The van der Waals surface area contributed by atoms with Crippen LogP contribution in [0.5, 0.6) is 0 Å². The van der Waals surface area contributed by atoms with Gasteiger partial charge < -0.3 is 15.2 Å². The van der Waals surface area contributed by atoms with Crippen molar-refractivity contribution in [3.05, 3.63) is 0 Å². The second kappa shape index (κ2) is 5.47. The fraction of sp³-hybridized carbons (Fsp3) is 0.778. The molecule has 0 heterocycles. The first kappa shape index (κ1) is 10.8. The van der Waals surface area contributed by atoms with Crippen molar-refractivity contribution in [3.63, 3.8) is 0 Å². The average Bonchev–Trinajstić information content (AvgIpc) is 2.05. The molecule has 0 aromatic rings. The Labute approximate surface area is 82.4 Å². The molecule has 80 valence electrons. The molecule has 0 aromatic heterocycles. The van der Waals surface area contributed by atoms with Crippen molar-refractivity contribution >= 4 is 12.1 Å². The molecule has 0 saturated heterocycles. The summed E-state index contributed by atoms with van der Waals surface area (Å²) in [6, 6.07) is 0. The van der Waals surface area contributed by atoms with E-state index in [2.05, 4.69) is 5.32 Å². The van der Waals surface area contributed by atoms with E-state index in [1.54, 1.807) is 0 Å². The van der Waals surface area contributed by atoms with E-state index in [4.69, 9.17) is 9.84 Å². The van der Waals surface area contributed by atoms with Gasteiger partial charge in [0.1, 0.15) is 6.10 Å². The molecule has 5 nitrogen and oxygen atoms in total. The molecular weight excluding hydrogens is 186 g/mol. The summed E-state index contributed by atoms with van der Waals surface area (Å²) in [5, 5.41) is 10.8. The first-order chi connectivity index (χ1) is 6.68. The van der Waals surface area contributed by atoms with Crippen LogP contribution in [-0.4, -0.2) is 29.8 Å². The molecule has 5 heteroatoms. The number of hydrogen-bond acceptors (Lipinski definition) is 3. The highest BCUT2D eigenvalue weighted by atomic mass is 16.6. The van der Waals surface area contributed by atoms with Crippen molar-refractivity contribution in [3.8, 4) is 0 Å². The van der Waals surface area contributed by atoms with Crippen molar-refractivity contribution in [2.75, 3.05) is 6.54 Å². The van der Waals surface area contributed by atoms with Crippen LogP contribution in [0, 0.1) is 0 Å². The van der Waals surface area contributed by atoms with E-state index in [0.717, 1.165) is 19.3 Å². The Kier molecular flexibility index (Phi) is 4.22. The second-order valence-corrected chi connectivity index (χ2v) is 3.38. The van der Waals surface area contributed by atoms with Gasteiger partial charge in [-0.05, 0) is 25.7 Å². The van der Waals surface area contributed by atoms with Gasteiger partial charge in [-0.25, -0.2) is 4.79 Å². The smallest absolute Gasteiger partial charge is 0.407 e. The molecule has 0 aromatic carbocycles. The van der Waals surface area contributed by atoms with Gasteiger partial charge in [-0.15, -0.1) is 0 Å². The average molecular weight is 201 g/mol. The zero-order valence-corrected chi connectivity index (χ0v) is 7.99. The molecule has 14 heavy (non-hydrogen) atoms. The number of carbonyl (C=O) groups is 2. The standard InChI is InChI=1S/C9H15NO4/c11-8(12)5-2-6-10-9(13)14-7-3-1-4-7/h7H,1-6H2,(H,10,13)(H,11,12). The largest absolute Gasteiger partial charge is 0.481 e. The van der Waals surface area contributed by atoms with E-state index < -0.39 is 12.1 Å². The molecule has 0 radical (unpaired) electrons. The van der Waals surface area contributed by atoms with Gasteiger partial charge in [-0.2, -0.15) is 0 Å². The quantitative estimate of drug-likeness (QED) is 0.654. The number of ether oxygens (including phenoxy) is 1. The van der Waals surface area contributed by atoms with Crippen LogP contribution < -0.4 is 5.32 Å². The predicted molar refractivity (Wildman–Crippen MR) is 49.0 cm³/mol. The third kappa shape index (κ3) is 4.11. The zero-order chi connectivity index (χ0) is 10.4. The molecule has 1 fully saturated rings. The topological polar surface area (TPSA) is 75.6 Å². The Bertz CT molecular complexity index is 213. The minimum Gasteiger partial charge on any atom is -0.481 e. The lowest BCUT2D eigenvalue weighted by Gasteiger charge is -2.25. The molecule has 1 amide bonds. The molecule has 2 N–H and O–H groups in total. The summed E-state index contributed by atoms with van der Waals surface area (Å²) < 4.78 is 5.00. The maximum Gasteiger partial charge on any atom is 0.407 e. The maximum atomic E-state index is 11.0. The summed E-state index contributed by atoms with van der Waals surface area (Å²) in [7, 11) is 0. The van der Waals surface area contributed by atoms with Crippen LogP contribution in [0.4, 0.5) is 4.79 Å². The molecule has 0 bridgehead atoms. The first-order valence-electron chi connectivity index (χ1n) is 4.85. The summed E-state index contributed by atoms with van der Waals surface area (Å²) in [6.07, 6.45) is 3.18. The van der Waals surface area contributed by atoms with Gasteiger partial charge in [0.25, 0.3) is 0 Å². The van der Waals surface area contributed by atoms with Gasteiger partial charge >= 0.3 is 12.1 Å². The highest BCUT2D eigenvalue weighted by molar-refractivity contribution is 5.68. The Morgan fingerprint density at radius 2 is 2.14 bits per heavy atom. The number of hydrogen-bond donors (Lipinski definition) is 2. The monoisotopic (exact) mass is 201 g/mol. The summed E-state index contributed by atoms with van der Waals surface area (Å²) in [5.74, 6) is -0.848. The molecule has 0 aliphatic heterocycles. The minimum atomic E-state index is -0.848. The molecule has 0 atom stereocenters. The van der Waals surface area contributed by atoms with Crippen LogP contribution in [0.25, 0.3) is 0 Å². The van der Waals surface area contributed by atoms with Crippen molar-refractivity contribution < 1.29 is 19.4 Å². The summed E-state index contributed by atoms with van der Waals surface area (Å²) in [5.41, 5.74) is 0. The molecular formula is C9H15NO4. The number of carboxylic acid groups (broad SMARTS) is 1. The van der Waals surface area contributed by atoms with Gasteiger partial charge in [0, 0.05) is 13.0 Å². The number of aliphatic carboxylic acids is 1. The highest BCUT2D eigenvalue weighted by Gasteiger charge is 2.21. The van der Waals surface area contributed by atoms with Crippen LogP contribution in [-0.2, 0) is 9.53 Å². The van der Waals surface area contributed by atoms with E-state index >= 15 is 0 Å². The molecule has 1 aliphatic rings. The zero-order valence-electron chi connectivity index (χ0n) is 7.99. The predicted octanol–water partition coefficient (Wildman–Crippen LogP) is 1.13. The number of alkyl carbamates (subject to hydrolysis) is 1. The van der Waals surface area contributed by atoms with E-state index in [9.17, 15) is 9.59 Å². The van der Waals surface area contributed by atoms with Crippen LogP contribution in [0.3, 0.4) is 0 Å². The van der Waals surface area contributed by atoms with Crippen molar-refractivity contribution in [2.45, 2.75) is 38.2 Å². The Balaban J connectivity index is 1.94. The fourth-order valence-electron chi connectivity index (χ4n) is 1.11. The number of amides is 1. The van der Waals surface area contributed by atoms with E-state index in [-0.39, 0.29) is 12.5 Å². The highest BCUT2D eigenvalue weighted by Crippen LogP contribution is 2.21. The maximum absolute atomic E-state index is 11.0. The van der Waals surface area contributed by atoms with E-state index in [1.165, 1.54) is 0 Å². The number of nitrogens with one attached hydrogen (secondary N) is 1. The lowest BCUT2D eigenvalue weighted by atomic mass is 9.96. The van der Waals surface area contributed by atoms with Gasteiger partial charge in [0.2, 0.25) is 0 Å². The SMILES string of the molecule is O=C(O)CCCNC(=O)OC1CCC1. The van der Waals surface area contributed by atoms with Crippen LogP contribution in [0.1, 0.15) is 32.1 Å². The lowest BCUT2D eigenvalue weighted by Crippen LogP contribution is -2.32. The van der Waals surface area contributed by atoms with Gasteiger partial charge in [0.05, 0.1) is 0 Å². The molecule has 1 aliphatic carbocycles. The molecule has 1 saturated carbocycles. The van der Waals surface area contributed by atoms with Crippen LogP contribution in [0.2, 0.25) is 0 Å². The van der Waals surface area contributed by atoms with Gasteiger partial charge in [-0.1, -0.05) is 0 Å². The van der Waals surface area contributed by atoms with Crippen LogP contribution >= 0.6 is 0 Å². The first-order valence-corrected chi connectivity index (χ1v) is 4.85. The Morgan fingerprint density at radius 1 is 1.43 bits per heavy atom. The third-order valence-corrected chi connectivity index (χ3v) is 2.16. The van der Waals surface area contributed by atoms with Crippen molar-refractivity contribution in [1.29, 1.82) is 0 Å². The van der Waals surface area contributed by atoms with E-state index in [0.29, 0.717) is 13.0 Å². The summed E-state index contributed by atoms with van der Waals surface area (Å²) in [4.78, 5) is 21.1. The Hall–Kier alpha value is -1.26. The fourth-order valence-corrected chi connectivity index (χ4v) is 1.11. The molecule has 0 unspecified atom stereocenters. The number of carbonyl (C=O) groups excluding carboxylic acids is 1. The number of rotatable bonds is 5. The van der Waals surface area contributed by atoms with Crippen LogP contribution in [0.15, 0.2) is 0 Å². The van der Waals surface area contributed by atoms with Gasteiger partial charge in [-0.3, -0.25) is 4.79 Å². The summed E-state index contributed by atoms with van der Waals surface area (Å²) >= 11 is 0. The third-order valence-electron chi connectivity index (χ3n) is 2.16. The lowest BCUT2D eigenvalue weighted by molar-refractivity contribution is -0.137. The minimum absolute atomic E-state index is 0.0731. The normalized spacial score (nSPS) is 15.7. The molecule has 1 rings (SSSR count). The Morgan fingerprint density at radius 3 is 2.64 bits per heavy atom. The van der Waals surface area contributed by atoms with Gasteiger partial charge in [0.15, 0.2) is 0 Å². The number of carboxylic acids is 1. The van der Waals surface area contributed by atoms with Crippen molar-refractivity contribution in [2.24, 2.45) is 0 Å². The summed E-state index contributed by atoms with van der Waals surface area (Å²) in [6.45, 7) is 0.359. The van der Waals surface area contributed by atoms with Crippen molar-refractivity contribution in [1.82, 2.24) is 5.32 Å². The molecule has 0 spiro atoms. The van der Waals surface area contributed by atoms with E-state index in [1.807, 2.05) is 0 Å².